The standard InChI is InChI=1S/C13H20N2O2S/c1-10-3-2-4-13(9-10)18(16,17)15-12-7-5-11(14)6-8-12/h2-4,9,11-12,15H,5-8,14H2,1H3. The fourth-order valence-corrected chi connectivity index (χ4v) is 3.72. The third-order valence-electron chi connectivity index (χ3n) is 3.39. The maximum atomic E-state index is 12.2. The Morgan fingerprint density at radius 1 is 1.22 bits per heavy atom. The third-order valence-corrected chi connectivity index (χ3v) is 4.91. The first kappa shape index (κ1) is 13.5. The molecule has 0 aromatic heterocycles. The van der Waals surface area contributed by atoms with Crippen LogP contribution in [0.4, 0.5) is 0 Å². The number of hydrogen-bond acceptors (Lipinski definition) is 3. The summed E-state index contributed by atoms with van der Waals surface area (Å²) in [7, 11) is -3.39. The highest BCUT2D eigenvalue weighted by atomic mass is 32.2. The van der Waals surface area contributed by atoms with Gasteiger partial charge in [-0.1, -0.05) is 12.1 Å². The highest BCUT2D eigenvalue weighted by Gasteiger charge is 2.24. The van der Waals surface area contributed by atoms with E-state index in [1.54, 1.807) is 18.2 Å². The number of rotatable bonds is 3. The van der Waals surface area contributed by atoms with Gasteiger partial charge in [0.1, 0.15) is 0 Å². The van der Waals surface area contributed by atoms with Crippen molar-refractivity contribution in [2.45, 2.75) is 49.6 Å². The molecule has 0 aliphatic heterocycles. The zero-order valence-corrected chi connectivity index (χ0v) is 11.4. The van der Waals surface area contributed by atoms with Gasteiger partial charge in [-0.2, -0.15) is 0 Å². The first-order valence-corrected chi connectivity index (χ1v) is 7.80. The molecule has 4 nitrogen and oxygen atoms in total. The van der Waals surface area contributed by atoms with Crippen LogP contribution in [0.1, 0.15) is 31.2 Å². The van der Waals surface area contributed by atoms with Crippen molar-refractivity contribution in [1.29, 1.82) is 0 Å². The molecule has 0 spiro atoms. The Hall–Kier alpha value is -0.910. The number of aryl methyl sites for hydroxylation is 1. The van der Waals surface area contributed by atoms with E-state index >= 15 is 0 Å². The fourth-order valence-electron chi connectivity index (χ4n) is 2.31. The first-order chi connectivity index (χ1) is 8.47. The SMILES string of the molecule is Cc1cccc(S(=O)(=O)NC2CCC(N)CC2)c1. The van der Waals surface area contributed by atoms with E-state index in [0.717, 1.165) is 31.2 Å². The predicted octanol–water partition coefficient (Wildman–Crippen LogP) is 1.54. The van der Waals surface area contributed by atoms with Gasteiger partial charge in [0.05, 0.1) is 4.90 Å². The van der Waals surface area contributed by atoms with E-state index in [0.29, 0.717) is 4.90 Å². The van der Waals surface area contributed by atoms with Gasteiger partial charge in [0.2, 0.25) is 10.0 Å². The van der Waals surface area contributed by atoms with Gasteiger partial charge in [-0.05, 0) is 50.3 Å². The molecule has 18 heavy (non-hydrogen) atoms. The second kappa shape index (κ2) is 5.38. The van der Waals surface area contributed by atoms with Crippen molar-refractivity contribution in [1.82, 2.24) is 4.72 Å². The summed E-state index contributed by atoms with van der Waals surface area (Å²) >= 11 is 0. The lowest BCUT2D eigenvalue weighted by Gasteiger charge is -2.26. The van der Waals surface area contributed by atoms with Crippen LogP contribution in [0.15, 0.2) is 29.2 Å². The van der Waals surface area contributed by atoms with E-state index < -0.39 is 10.0 Å². The average molecular weight is 268 g/mol. The van der Waals surface area contributed by atoms with Crippen LogP contribution in [0, 0.1) is 6.92 Å². The predicted molar refractivity (Wildman–Crippen MR) is 71.7 cm³/mol. The van der Waals surface area contributed by atoms with Crippen LogP contribution >= 0.6 is 0 Å². The lowest BCUT2D eigenvalue weighted by molar-refractivity contribution is 0.373. The van der Waals surface area contributed by atoms with Crippen molar-refractivity contribution in [3.8, 4) is 0 Å². The van der Waals surface area contributed by atoms with E-state index in [2.05, 4.69) is 4.72 Å². The van der Waals surface area contributed by atoms with Gasteiger partial charge in [-0.25, -0.2) is 13.1 Å². The summed E-state index contributed by atoms with van der Waals surface area (Å²) in [6.45, 7) is 1.89. The maximum Gasteiger partial charge on any atom is 0.240 e. The highest BCUT2D eigenvalue weighted by molar-refractivity contribution is 7.89. The van der Waals surface area contributed by atoms with Gasteiger partial charge in [-0.15, -0.1) is 0 Å². The Bertz CT molecular complexity index is 505. The van der Waals surface area contributed by atoms with Gasteiger partial charge >= 0.3 is 0 Å². The van der Waals surface area contributed by atoms with Crippen molar-refractivity contribution in [2.24, 2.45) is 5.73 Å². The van der Waals surface area contributed by atoms with Crippen LogP contribution in [0.25, 0.3) is 0 Å². The smallest absolute Gasteiger partial charge is 0.240 e. The monoisotopic (exact) mass is 268 g/mol. The van der Waals surface area contributed by atoms with E-state index in [1.807, 2.05) is 13.0 Å². The van der Waals surface area contributed by atoms with Crippen LogP contribution in [-0.4, -0.2) is 20.5 Å². The first-order valence-electron chi connectivity index (χ1n) is 6.32. The normalized spacial score (nSPS) is 25.0. The minimum absolute atomic E-state index is 0.0234. The zero-order valence-electron chi connectivity index (χ0n) is 10.6. The summed E-state index contributed by atoms with van der Waals surface area (Å²) in [6, 6.07) is 7.22. The lowest BCUT2D eigenvalue weighted by atomic mass is 9.93. The summed E-state index contributed by atoms with van der Waals surface area (Å²) in [5.41, 5.74) is 6.76. The van der Waals surface area contributed by atoms with Gasteiger partial charge < -0.3 is 5.73 Å². The van der Waals surface area contributed by atoms with E-state index in [9.17, 15) is 8.42 Å². The van der Waals surface area contributed by atoms with E-state index in [4.69, 9.17) is 5.73 Å². The Balaban J connectivity index is 2.08. The van der Waals surface area contributed by atoms with Gasteiger partial charge in [0, 0.05) is 12.1 Å². The highest BCUT2D eigenvalue weighted by Crippen LogP contribution is 2.19. The average Bonchev–Trinajstić information content (AvgIpc) is 2.32. The van der Waals surface area contributed by atoms with Crippen molar-refractivity contribution in [2.75, 3.05) is 0 Å². The van der Waals surface area contributed by atoms with Gasteiger partial charge in [-0.3, -0.25) is 0 Å². The molecule has 0 radical (unpaired) electrons. The van der Waals surface area contributed by atoms with Crippen molar-refractivity contribution < 1.29 is 8.42 Å². The molecule has 1 aliphatic rings. The van der Waals surface area contributed by atoms with Crippen LogP contribution in [0.2, 0.25) is 0 Å². The van der Waals surface area contributed by atoms with E-state index in [1.165, 1.54) is 0 Å². The number of benzene rings is 1. The van der Waals surface area contributed by atoms with Crippen LogP contribution in [0.5, 0.6) is 0 Å². The molecule has 1 fully saturated rings. The molecule has 3 N–H and O–H groups in total. The number of hydrogen-bond donors (Lipinski definition) is 2. The van der Waals surface area contributed by atoms with Gasteiger partial charge in [0.15, 0.2) is 0 Å². The third kappa shape index (κ3) is 3.31. The molecule has 0 bridgehead atoms. The number of nitrogens with two attached hydrogens (primary N) is 1. The molecule has 1 saturated carbocycles. The Morgan fingerprint density at radius 3 is 2.50 bits per heavy atom. The molecule has 1 aliphatic carbocycles. The molecule has 5 heteroatoms. The minimum atomic E-state index is -3.39. The van der Waals surface area contributed by atoms with Crippen LogP contribution < -0.4 is 10.5 Å². The number of nitrogens with one attached hydrogen (secondary N) is 1. The summed E-state index contributed by atoms with van der Waals surface area (Å²) in [4.78, 5) is 0.345. The van der Waals surface area contributed by atoms with Gasteiger partial charge in [0.25, 0.3) is 0 Å². The summed E-state index contributed by atoms with van der Waals surface area (Å²) in [5, 5.41) is 0. The maximum absolute atomic E-state index is 12.2. The molecular weight excluding hydrogens is 248 g/mol. The topological polar surface area (TPSA) is 72.2 Å². The molecule has 1 aromatic rings. The molecule has 0 unspecified atom stereocenters. The molecule has 0 atom stereocenters. The zero-order chi connectivity index (χ0) is 13.2. The molecule has 0 amide bonds. The van der Waals surface area contributed by atoms with Crippen LogP contribution in [-0.2, 0) is 10.0 Å². The Morgan fingerprint density at radius 2 is 1.89 bits per heavy atom. The molecule has 2 rings (SSSR count). The Labute approximate surface area is 109 Å². The summed E-state index contributed by atoms with van der Waals surface area (Å²) < 4.78 is 27.2. The quantitative estimate of drug-likeness (QED) is 0.873. The minimum Gasteiger partial charge on any atom is -0.328 e. The molecule has 1 aromatic carbocycles. The lowest BCUT2D eigenvalue weighted by Crippen LogP contribution is -2.40. The number of sulfonamides is 1. The Kier molecular flexibility index (Phi) is 4.04. The second-order valence-corrected chi connectivity index (χ2v) is 6.76. The molecule has 0 saturated heterocycles. The van der Waals surface area contributed by atoms with Crippen molar-refractivity contribution in [3.05, 3.63) is 29.8 Å². The molecular formula is C13H20N2O2S. The fraction of sp³-hybridized carbons (Fsp3) is 0.538. The summed E-state index contributed by atoms with van der Waals surface area (Å²) in [5.74, 6) is 0. The summed E-state index contributed by atoms with van der Waals surface area (Å²) in [6.07, 6.45) is 3.43. The van der Waals surface area contributed by atoms with Crippen molar-refractivity contribution >= 4 is 10.0 Å². The largest absolute Gasteiger partial charge is 0.328 e. The second-order valence-electron chi connectivity index (χ2n) is 5.05. The molecule has 0 heterocycles. The van der Waals surface area contributed by atoms with Crippen LogP contribution in [0.3, 0.4) is 0 Å². The van der Waals surface area contributed by atoms with Crippen molar-refractivity contribution in [3.63, 3.8) is 0 Å². The molecule has 100 valence electrons. The van der Waals surface area contributed by atoms with E-state index in [-0.39, 0.29) is 12.1 Å².